The fourth-order valence-electron chi connectivity index (χ4n) is 2.95. The third-order valence-corrected chi connectivity index (χ3v) is 6.62. The van der Waals surface area contributed by atoms with E-state index in [1.165, 1.54) is 11.3 Å². The molecule has 9 nitrogen and oxygen atoms in total. The van der Waals surface area contributed by atoms with Crippen molar-refractivity contribution in [2.75, 3.05) is 12.4 Å². The van der Waals surface area contributed by atoms with E-state index in [4.69, 9.17) is 4.74 Å². The highest BCUT2D eigenvalue weighted by Gasteiger charge is 2.57. The Kier molecular flexibility index (Phi) is 5.42. The van der Waals surface area contributed by atoms with Gasteiger partial charge in [-0.05, 0) is 11.4 Å². The third kappa shape index (κ3) is 3.78. The first-order valence-corrected chi connectivity index (χ1v) is 10.2. The predicted molar refractivity (Wildman–Crippen MR) is 94.9 cm³/mol. The Morgan fingerprint density at radius 1 is 1.44 bits per heavy atom. The molecule has 27 heavy (non-hydrogen) atoms. The first kappa shape index (κ1) is 19.2. The summed E-state index contributed by atoms with van der Waals surface area (Å²) in [5.41, 5.74) is -0.237. The second kappa shape index (κ2) is 7.61. The summed E-state index contributed by atoms with van der Waals surface area (Å²) in [7, 11) is -1.64. The molecule has 2 amide bonds. The van der Waals surface area contributed by atoms with Crippen molar-refractivity contribution >= 4 is 45.9 Å². The van der Waals surface area contributed by atoms with Crippen LogP contribution in [0, 0.1) is 0 Å². The molecular formula is C16H16N2O7S2. The molecule has 2 N–H and O–H groups in total. The Morgan fingerprint density at radius 3 is 2.78 bits per heavy atom. The summed E-state index contributed by atoms with van der Waals surface area (Å²) in [6, 6.07) is 2.54. The van der Waals surface area contributed by atoms with Gasteiger partial charge in [-0.15, -0.1) is 11.3 Å². The second-order valence-electron chi connectivity index (χ2n) is 5.96. The van der Waals surface area contributed by atoms with Crippen molar-refractivity contribution in [3.05, 3.63) is 33.7 Å². The molecule has 3 atom stereocenters. The van der Waals surface area contributed by atoms with E-state index in [0.717, 1.165) is 16.7 Å². The maximum Gasteiger partial charge on any atom is 0.352 e. The van der Waals surface area contributed by atoms with E-state index < -0.39 is 46.0 Å². The molecule has 1 saturated heterocycles. The predicted octanol–water partition coefficient (Wildman–Crippen LogP) is -0.392. The van der Waals surface area contributed by atoms with Gasteiger partial charge in [0.25, 0.3) is 5.91 Å². The summed E-state index contributed by atoms with van der Waals surface area (Å²) >= 11 is 1.40. The van der Waals surface area contributed by atoms with Crippen LogP contribution >= 0.6 is 11.3 Å². The maximum atomic E-state index is 12.5. The third-order valence-electron chi connectivity index (χ3n) is 4.09. The number of hydrogen-bond acceptors (Lipinski definition) is 7. The zero-order valence-corrected chi connectivity index (χ0v) is 15.8. The highest BCUT2D eigenvalue weighted by atomic mass is 32.2. The summed E-state index contributed by atoms with van der Waals surface area (Å²) in [5.74, 6) is -3.20. The van der Waals surface area contributed by atoms with Crippen LogP contribution in [0.2, 0.25) is 0 Å². The number of thiophene rings is 1. The molecule has 3 rings (SSSR count). The van der Waals surface area contributed by atoms with E-state index in [-0.39, 0.29) is 30.1 Å². The van der Waals surface area contributed by atoms with E-state index in [2.05, 4.69) is 5.32 Å². The number of carboxylic acids is 1. The largest absolute Gasteiger partial charge is 0.477 e. The molecule has 11 heteroatoms. The maximum absolute atomic E-state index is 12.5. The standard InChI is InChI=1S/C16H16N2O7S2/c1-8(19)25-6-9-7-27(24)15-12(14(21)18(15)13(9)16(22)23)17-11(20)5-10-3-2-4-26-10/h2-4,12,15H,5-7H2,1H3,(H,17,20)(H,22,23)/t12-,15-,27?/m1/s1. The number of hydrogen-bond donors (Lipinski definition) is 2. The minimum atomic E-state index is -1.64. The molecule has 0 spiro atoms. The lowest BCUT2D eigenvalue weighted by Gasteiger charge is -2.49. The lowest BCUT2D eigenvalue weighted by atomic mass is 10.0. The Hall–Kier alpha value is -2.53. The van der Waals surface area contributed by atoms with Crippen molar-refractivity contribution in [3.8, 4) is 0 Å². The lowest BCUT2D eigenvalue weighted by Crippen LogP contribution is -2.73. The fourth-order valence-corrected chi connectivity index (χ4v) is 5.32. The van der Waals surface area contributed by atoms with E-state index in [9.17, 15) is 28.5 Å². The molecule has 0 aliphatic carbocycles. The minimum Gasteiger partial charge on any atom is -0.477 e. The fraction of sp³-hybridized carbons (Fsp3) is 0.375. The summed E-state index contributed by atoms with van der Waals surface area (Å²) in [6.07, 6.45) is 0.0835. The van der Waals surface area contributed by atoms with Crippen molar-refractivity contribution < 1.29 is 33.2 Å². The number of β-lactam (4-membered cyclic amide) rings is 1. The average Bonchev–Trinajstić information content (AvgIpc) is 3.09. The zero-order valence-electron chi connectivity index (χ0n) is 14.2. The van der Waals surface area contributed by atoms with Crippen molar-refractivity contribution in [2.45, 2.75) is 24.8 Å². The molecule has 0 saturated carbocycles. The first-order valence-electron chi connectivity index (χ1n) is 7.90. The van der Waals surface area contributed by atoms with E-state index in [0.29, 0.717) is 0 Å². The number of esters is 1. The molecule has 1 aromatic rings. The Bertz CT molecular complexity index is 862. The summed E-state index contributed by atoms with van der Waals surface area (Å²) in [6.45, 7) is 0.812. The SMILES string of the molecule is CC(=O)OCC1=C(C(=O)O)N2C(=O)[C@@H](NC(=O)Cc3cccs3)[C@H]2S(=O)C1. The molecule has 0 aromatic carbocycles. The lowest BCUT2D eigenvalue weighted by molar-refractivity contribution is -0.151. The van der Waals surface area contributed by atoms with Gasteiger partial charge >= 0.3 is 11.9 Å². The van der Waals surface area contributed by atoms with E-state index in [1.54, 1.807) is 12.1 Å². The number of carboxylic acid groups (broad SMARTS) is 1. The van der Waals surface area contributed by atoms with Crippen molar-refractivity contribution in [3.63, 3.8) is 0 Å². The molecule has 1 unspecified atom stereocenters. The summed E-state index contributed by atoms with van der Waals surface area (Å²) in [5, 5.41) is 12.9. The van der Waals surface area contributed by atoms with Gasteiger partial charge in [-0.3, -0.25) is 23.5 Å². The Labute approximate surface area is 160 Å². The molecule has 1 aromatic heterocycles. The van der Waals surface area contributed by atoms with E-state index in [1.807, 2.05) is 5.38 Å². The van der Waals surface area contributed by atoms with Gasteiger partial charge in [0.1, 0.15) is 23.7 Å². The molecule has 3 heterocycles. The van der Waals surface area contributed by atoms with Gasteiger partial charge in [-0.2, -0.15) is 0 Å². The van der Waals surface area contributed by atoms with Crippen LogP contribution in [0.25, 0.3) is 0 Å². The Balaban J connectivity index is 1.76. The number of rotatable bonds is 6. The van der Waals surface area contributed by atoms with Crippen LogP contribution in [0.5, 0.6) is 0 Å². The van der Waals surface area contributed by atoms with Crippen LogP contribution in [0.4, 0.5) is 0 Å². The van der Waals surface area contributed by atoms with Crippen molar-refractivity contribution in [1.82, 2.24) is 10.2 Å². The van der Waals surface area contributed by atoms with Gasteiger partial charge in [-0.25, -0.2) is 4.79 Å². The Morgan fingerprint density at radius 2 is 2.19 bits per heavy atom. The number of fused-ring (bicyclic) bond motifs is 1. The van der Waals surface area contributed by atoms with Gasteiger partial charge in [0.15, 0.2) is 0 Å². The second-order valence-corrected chi connectivity index (χ2v) is 8.53. The number of amides is 2. The topological polar surface area (TPSA) is 130 Å². The van der Waals surface area contributed by atoms with Gasteiger partial charge in [0.2, 0.25) is 5.91 Å². The zero-order chi connectivity index (χ0) is 19.7. The number of nitrogens with one attached hydrogen (secondary N) is 1. The average molecular weight is 412 g/mol. The number of aliphatic carboxylic acids is 1. The van der Waals surface area contributed by atoms with Gasteiger partial charge in [0, 0.05) is 17.4 Å². The minimum absolute atomic E-state index is 0.0835. The van der Waals surface area contributed by atoms with Gasteiger partial charge in [0.05, 0.1) is 23.0 Å². The van der Waals surface area contributed by atoms with Crippen molar-refractivity contribution in [2.24, 2.45) is 0 Å². The summed E-state index contributed by atoms with van der Waals surface area (Å²) < 4.78 is 17.3. The molecule has 0 bridgehead atoms. The van der Waals surface area contributed by atoms with Crippen LogP contribution in [0.3, 0.4) is 0 Å². The van der Waals surface area contributed by atoms with Crippen LogP contribution < -0.4 is 5.32 Å². The normalized spacial score (nSPS) is 24.1. The molecule has 2 aliphatic rings. The molecule has 0 radical (unpaired) electrons. The number of carbonyl (C=O) groups excluding carboxylic acids is 3. The smallest absolute Gasteiger partial charge is 0.352 e. The first-order chi connectivity index (χ1) is 12.8. The molecule has 1 fully saturated rings. The van der Waals surface area contributed by atoms with Crippen LogP contribution in [0.15, 0.2) is 28.8 Å². The molecule has 2 aliphatic heterocycles. The van der Waals surface area contributed by atoms with Crippen molar-refractivity contribution in [1.29, 1.82) is 0 Å². The van der Waals surface area contributed by atoms with Crippen LogP contribution in [-0.4, -0.2) is 61.7 Å². The van der Waals surface area contributed by atoms with E-state index >= 15 is 0 Å². The number of carbonyl (C=O) groups is 4. The van der Waals surface area contributed by atoms with Crippen LogP contribution in [0.1, 0.15) is 11.8 Å². The highest BCUT2D eigenvalue weighted by Crippen LogP contribution is 2.35. The monoisotopic (exact) mass is 412 g/mol. The van der Waals surface area contributed by atoms with Crippen LogP contribution in [-0.2, 0) is 41.1 Å². The quantitative estimate of drug-likeness (QED) is 0.481. The molecular weight excluding hydrogens is 396 g/mol. The van der Waals surface area contributed by atoms with Gasteiger partial charge < -0.3 is 15.2 Å². The highest BCUT2D eigenvalue weighted by molar-refractivity contribution is 7.86. The number of ether oxygens (including phenoxy) is 1. The number of nitrogens with zero attached hydrogens (tertiary/aromatic N) is 1. The summed E-state index contributed by atoms with van der Waals surface area (Å²) in [4.78, 5) is 48.9. The molecule has 144 valence electrons. The van der Waals surface area contributed by atoms with Gasteiger partial charge in [-0.1, -0.05) is 6.07 Å².